The molecule has 0 spiro atoms. The summed E-state index contributed by atoms with van der Waals surface area (Å²) in [4.78, 5) is 24.9. The van der Waals surface area contributed by atoms with Crippen LogP contribution in [0.1, 0.15) is 71.6 Å². The Kier molecular flexibility index (Phi) is 6.88. The van der Waals surface area contributed by atoms with Crippen molar-refractivity contribution in [3.63, 3.8) is 0 Å². The van der Waals surface area contributed by atoms with E-state index in [2.05, 4.69) is 13.8 Å². The van der Waals surface area contributed by atoms with Gasteiger partial charge in [-0.05, 0) is 32.1 Å². The van der Waals surface area contributed by atoms with E-state index >= 15 is 0 Å². The maximum Gasteiger partial charge on any atom is 0.339 e. The Morgan fingerprint density at radius 3 is 2.30 bits per heavy atom. The van der Waals surface area contributed by atoms with E-state index in [0.717, 1.165) is 44.9 Å². The van der Waals surface area contributed by atoms with Gasteiger partial charge in [-0.2, -0.15) is 0 Å². The molecule has 0 radical (unpaired) electrons. The molecule has 2 heterocycles. The average Bonchev–Trinajstić information content (AvgIpc) is 3.15. The summed E-state index contributed by atoms with van der Waals surface area (Å²) in [6.07, 6.45) is 7.93. The lowest BCUT2D eigenvalue weighted by Gasteiger charge is -2.29. The molecule has 5 heteroatoms. The molecule has 0 aromatic heterocycles. The first-order valence-corrected chi connectivity index (χ1v) is 9.15. The lowest BCUT2D eigenvalue weighted by atomic mass is 9.78. The Hall–Kier alpha value is -1.10. The molecule has 0 amide bonds. The quantitative estimate of drug-likeness (QED) is 0.455. The number of hydrogen-bond donors (Lipinski definition) is 0. The van der Waals surface area contributed by atoms with Gasteiger partial charge in [0.25, 0.3) is 0 Å². The summed E-state index contributed by atoms with van der Waals surface area (Å²) in [6, 6.07) is 0. The van der Waals surface area contributed by atoms with Crippen LogP contribution in [-0.2, 0) is 23.8 Å². The van der Waals surface area contributed by atoms with Gasteiger partial charge >= 0.3 is 11.9 Å². The first-order chi connectivity index (χ1) is 11.1. The molecule has 5 nitrogen and oxygen atoms in total. The van der Waals surface area contributed by atoms with E-state index in [1.54, 1.807) is 0 Å². The largest absolute Gasteiger partial charge is 0.465 e. The minimum absolute atomic E-state index is 0.00798. The van der Waals surface area contributed by atoms with Crippen molar-refractivity contribution in [2.75, 3.05) is 13.2 Å². The first-order valence-electron chi connectivity index (χ1n) is 9.15. The zero-order valence-corrected chi connectivity index (χ0v) is 14.5. The van der Waals surface area contributed by atoms with E-state index in [4.69, 9.17) is 14.2 Å². The molecular formula is C18H30O5. The summed E-state index contributed by atoms with van der Waals surface area (Å²) in [5, 5.41) is 0. The Labute approximate surface area is 139 Å². The van der Waals surface area contributed by atoms with Crippen LogP contribution >= 0.6 is 0 Å². The zero-order valence-electron chi connectivity index (χ0n) is 14.5. The Morgan fingerprint density at radius 1 is 1.04 bits per heavy atom. The standard InChI is InChI=1S/C18H30O5/c1-3-5-7-11-21-16(19)15-13-14-9-10-18(15,23-14)17(20)22-12-8-6-4-2/h14-15H,3-13H2,1-2H3. The van der Waals surface area contributed by atoms with Crippen LogP contribution in [0.4, 0.5) is 0 Å². The molecule has 3 unspecified atom stereocenters. The number of rotatable bonds is 10. The number of carbonyl (C=O) groups is 2. The number of ether oxygens (including phenoxy) is 3. The van der Waals surface area contributed by atoms with Gasteiger partial charge in [0.15, 0.2) is 5.60 Å². The van der Waals surface area contributed by atoms with Crippen LogP contribution < -0.4 is 0 Å². The molecule has 0 saturated carbocycles. The molecular weight excluding hydrogens is 296 g/mol. The van der Waals surface area contributed by atoms with E-state index < -0.39 is 11.5 Å². The molecule has 2 rings (SSSR count). The van der Waals surface area contributed by atoms with Crippen molar-refractivity contribution >= 4 is 11.9 Å². The molecule has 2 bridgehead atoms. The van der Waals surface area contributed by atoms with E-state index in [9.17, 15) is 9.59 Å². The Morgan fingerprint density at radius 2 is 1.70 bits per heavy atom. The van der Waals surface area contributed by atoms with Crippen molar-refractivity contribution in [3.8, 4) is 0 Å². The molecule has 0 aromatic rings. The molecule has 0 aromatic carbocycles. The molecule has 2 fully saturated rings. The lowest BCUT2D eigenvalue weighted by molar-refractivity contribution is -0.176. The summed E-state index contributed by atoms with van der Waals surface area (Å²) >= 11 is 0. The highest BCUT2D eigenvalue weighted by atomic mass is 16.6. The molecule has 0 aliphatic carbocycles. The molecule has 3 atom stereocenters. The smallest absolute Gasteiger partial charge is 0.339 e. The van der Waals surface area contributed by atoms with Crippen LogP contribution in [0.5, 0.6) is 0 Å². The minimum atomic E-state index is -1.08. The summed E-state index contributed by atoms with van der Waals surface area (Å²) < 4.78 is 16.6. The van der Waals surface area contributed by atoms with Gasteiger partial charge in [0, 0.05) is 0 Å². The number of esters is 2. The fraction of sp³-hybridized carbons (Fsp3) is 0.889. The van der Waals surface area contributed by atoms with Gasteiger partial charge < -0.3 is 14.2 Å². The van der Waals surface area contributed by atoms with Gasteiger partial charge in [-0.3, -0.25) is 4.79 Å². The maximum absolute atomic E-state index is 12.5. The molecule has 2 saturated heterocycles. The maximum atomic E-state index is 12.5. The highest BCUT2D eigenvalue weighted by Gasteiger charge is 2.62. The highest BCUT2D eigenvalue weighted by molar-refractivity contribution is 5.89. The van der Waals surface area contributed by atoms with E-state index in [1.807, 2.05) is 0 Å². The topological polar surface area (TPSA) is 61.8 Å². The number of unbranched alkanes of at least 4 members (excludes halogenated alkanes) is 4. The van der Waals surface area contributed by atoms with Crippen molar-refractivity contribution in [3.05, 3.63) is 0 Å². The second kappa shape index (κ2) is 8.67. The van der Waals surface area contributed by atoms with Crippen LogP contribution in [-0.4, -0.2) is 36.9 Å². The van der Waals surface area contributed by atoms with Gasteiger partial charge in [-0.1, -0.05) is 39.5 Å². The second-order valence-corrected chi connectivity index (χ2v) is 6.67. The van der Waals surface area contributed by atoms with Gasteiger partial charge in [-0.15, -0.1) is 0 Å². The minimum Gasteiger partial charge on any atom is -0.465 e. The predicted molar refractivity (Wildman–Crippen MR) is 85.9 cm³/mol. The number of fused-ring (bicyclic) bond motifs is 2. The van der Waals surface area contributed by atoms with Crippen molar-refractivity contribution in [2.45, 2.75) is 83.3 Å². The van der Waals surface area contributed by atoms with Gasteiger partial charge in [0.2, 0.25) is 0 Å². The fourth-order valence-corrected chi connectivity index (χ4v) is 3.51. The second-order valence-electron chi connectivity index (χ2n) is 6.67. The van der Waals surface area contributed by atoms with Gasteiger partial charge in [0.05, 0.1) is 25.2 Å². The van der Waals surface area contributed by atoms with E-state index in [1.165, 1.54) is 0 Å². The van der Waals surface area contributed by atoms with Crippen LogP contribution in [0, 0.1) is 5.92 Å². The van der Waals surface area contributed by atoms with E-state index in [0.29, 0.717) is 26.1 Å². The Balaban J connectivity index is 1.89. The van der Waals surface area contributed by atoms with Crippen LogP contribution in [0.2, 0.25) is 0 Å². The third-order valence-corrected chi connectivity index (χ3v) is 4.88. The average molecular weight is 326 g/mol. The fourth-order valence-electron chi connectivity index (χ4n) is 3.51. The Bertz CT molecular complexity index is 408. The molecule has 23 heavy (non-hydrogen) atoms. The normalized spacial score (nSPS) is 28.8. The third-order valence-electron chi connectivity index (χ3n) is 4.88. The zero-order chi connectivity index (χ0) is 16.7. The number of hydrogen-bond acceptors (Lipinski definition) is 5. The monoisotopic (exact) mass is 326 g/mol. The van der Waals surface area contributed by atoms with Crippen molar-refractivity contribution in [1.82, 2.24) is 0 Å². The third kappa shape index (κ3) is 4.25. The van der Waals surface area contributed by atoms with Crippen molar-refractivity contribution < 1.29 is 23.8 Å². The van der Waals surface area contributed by atoms with Crippen molar-refractivity contribution in [2.24, 2.45) is 5.92 Å². The summed E-state index contributed by atoms with van der Waals surface area (Å²) in [5.74, 6) is -1.17. The SMILES string of the molecule is CCCCCOC(=O)C1CC2CCC1(C(=O)OCCCCC)O2. The lowest BCUT2D eigenvalue weighted by Crippen LogP contribution is -2.47. The van der Waals surface area contributed by atoms with Crippen LogP contribution in [0.3, 0.4) is 0 Å². The highest BCUT2D eigenvalue weighted by Crippen LogP contribution is 2.49. The molecule has 0 N–H and O–H groups in total. The van der Waals surface area contributed by atoms with E-state index in [-0.39, 0.29) is 18.0 Å². The molecule has 2 aliphatic heterocycles. The molecule has 2 aliphatic rings. The first kappa shape index (κ1) is 18.2. The molecule has 132 valence electrons. The van der Waals surface area contributed by atoms with Crippen LogP contribution in [0.15, 0.2) is 0 Å². The summed E-state index contributed by atoms with van der Waals surface area (Å²) in [5.41, 5.74) is -1.08. The predicted octanol–water partition coefficient (Wildman–Crippen LogP) is 3.39. The summed E-state index contributed by atoms with van der Waals surface area (Å²) in [6.45, 7) is 5.04. The van der Waals surface area contributed by atoms with Gasteiger partial charge in [0.1, 0.15) is 0 Å². The van der Waals surface area contributed by atoms with Crippen LogP contribution in [0.25, 0.3) is 0 Å². The number of carbonyl (C=O) groups excluding carboxylic acids is 2. The summed E-state index contributed by atoms with van der Waals surface area (Å²) in [7, 11) is 0. The van der Waals surface area contributed by atoms with Gasteiger partial charge in [-0.25, -0.2) is 4.79 Å². The van der Waals surface area contributed by atoms with Crippen molar-refractivity contribution in [1.29, 1.82) is 0 Å².